The van der Waals surface area contributed by atoms with Crippen LogP contribution in [0.3, 0.4) is 0 Å². The van der Waals surface area contributed by atoms with E-state index >= 15 is 0 Å². The smallest absolute Gasteiger partial charge is 0.198 e. The molecule has 0 aliphatic rings. The van der Waals surface area contributed by atoms with Crippen molar-refractivity contribution in [2.75, 3.05) is 7.11 Å². The van der Waals surface area contributed by atoms with Crippen LogP contribution in [0.25, 0.3) is 5.65 Å². The van der Waals surface area contributed by atoms with Crippen molar-refractivity contribution in [3.05, 3.63) is 54.0 Å². The van der Waals surface area contributed by atoms with Crippen LogP contribution in [0.2, 0.25) is 0 Å². The number of aromatic nitrogens is 3. The van der Waals surface area contributed by atoms with Gasteiger partial charge in [0.05, 0.1) is 7.11 Å². The molecule has 0 radical (unpaired) electrons. The van der Waals surface area contributed by atoms with E-state index in [0.717, 1.165) is 5.56 Å². The number of benzene rings is 1. The zero-order valence-electron chi connectivity index (χ0n) is 10.4. The lowest BCUT2D eigenvalue weighted by Crippen LogP contribution is -1.92. The maximum absolute atomic E-state index is 9.45. The van der Waals surface area contributed by atoms with E-state index in [-0.39, 0.29) is 5.75 Å². The molecule has 0 saturated carbocycles. The molecular formula is C14H13N3O2. The van der Waals surface area contributed by atoms with Crippen LogP contribution in [-0.2, 0) is 6.42 Å². The van der Waals surface area contributed by atoms with E-state index in [1.54, 1.807) is 29.8 Å². The summed E-state index contributed by atoms with van der Waals surface area (Å²) in [7, 11) is 1.61. The van der Waals surface area contributed by atoms with Gasteiger partial charge in [-0.15, -0.1) is 0 Å². The topological polar surface area (TPSA) is 59.7 Å². The molecule has 0 atom stereocenters. The quantitative estimate of drug-likeness (QED) is 0.778. The lowest BCUT2D eigenvalue weighted by molar-refractivity contribution is 0.416. The molecule has 5 heteroatoms. The minimum absolute atomic E-state index is 0.249. The van der Waals surface area contributed by atoms with Crippen LogP contribution in [0.4, 0.5) is 0 Å². The van der Waals surface area contributed by atoms with E-state index in [9.17, 15) is 5.11 Å². The molecule has 5 nitrogen and oxygen atoms in total. The van der Waals surface area contributed by atoms with Crippen molar-refractivity contribution < 1.29 is 9.84 Å². The van der Waals surface area contributed by atoms with E-state index in [0.29, 0.717) is 23.6 Å². The molecule has 1 aromatic carbocycles. The van der Waals surface area contributed by atoms with E-state index in [1.807, 2.05) is 24.4 Å². The van der Waals surface area contributed by atoms with Crippen LogP contribution in [0.15, 0.2) is 42.6 Å². The van der Waals surface area contributed by atoms with Gasteiger partial charge in [-0.25, -0.2) is 9.50 Å². The third-order valence-electron chi connectivity index (χ3n) is 2.86. The highest BCUT2D eigenvalue weighted by molar-refractivity contribution is 5.52. The van der Waals surface area contributed by atoms with Crippen molar-refractivity contribution in [2.24, 2.45) is 0 Å². The van der Waals surface area contributed by atoms with Gasteiger partial charge in [0.1, 0.15) is 5.75 Å². The van der Waals surface area contributed by atoms with Crippen molar-refractivity contribution in [3.8, 4) is 11.5 Å². The first-order valence-electron chi connectivity index (χ1n) is 5.92. The van der Waals surface area contributed by atoms with Crippen molar-refractivity contribution in [1.82, 2.24) is 14.6 Å². The fourth-order valence-electron chi connectivity index (χ4n) is 2.01. The number of aromatic hydroxyl groups is 1. The number of fused-ring (bicyclic) bond motifs is 1. The molecule has 0 aliphatic carbocycles. The number of methoxy groups -OCH3 is 1. The number of ether oxygens (including phenoxy) is 1. The van der Waals surface area contributed by atoms with Crippen LogP contribution >= 0.6 is 0 Å². The number of phenolic OH excluding ortho intramolecular Hbond substituents is 1. The largest absolute Gasteiger partial charge is 0.508 e. The van der Waals surface area contributed by atoms with E-state index in [4.69, 9.17) is 4.74 Å². The van der Waals surface area contributed by atoms with Gasteiger partial charge in [-0.2, -0.15) is 5.10 Å². The number of rotatable bonds is 3. The van der Waals surface area contributed by atoms with Gasteiger partial charge in [0.15, 0.2) is 17.2 Å². The molecule has 0 spiro atoms. The summed E-state index contributed by atoms with van der Waals surface area (Å²) in [5.74, 6) is 1.63. The molecular weight excluding hydrogens is 242 g/mol. The molecule has 3 rings (SSSR count). The average molecular weight is 255 g/mol. The number of hydrogen-bond donors (Lipinski definition) is 1. The van der Waals surface area contributed by atoms with Gasteiger partial charge in [0, 0.05) is 12.6 Å². The minimum atomic E-state index is 0.249. The minimum Gasteiger partial charge on any atom is -0.508 e. The Labute approximate surface area is 110 Å². The van der Waals surface area contributed by atoms with Gasteiger partial charge in [-0.1, -0.05) is 12.1 Å². The Bertz CT molecular complexity index is 722. The Morgan fingerprint density at radius 3 is 2.95 bits per heavy atom. The highest BCUT2D eigenvalue weighted by Gasteiger charge is 2.08. The first-order chi connectivity index (χ1) is 9.26. The first kappa shape index (κ1) is 11.5. The normalized spacial score (nSPS) is 10.8. The fraction of sp³-hybridized carbons (Fsp3) is 0.143. The van der Waals surface area contributed by atoms with Crippen LogP contribution in [0, 0.1) is 0 Å². The summed E-state index contributed by atoms with van der Waals surface area (Å²) in [5.41, 5.74) is 1.66. The van der Waals surface area contributed by atoms with E-state index < -0.39 is 0 Å². The Morgan fingerprint density at radius 2 is 2.16 bits per heavy atom. The van der Waals surface area contributed by atoms with Crippen molar-refractivity contribution in [1.29, 1.82) is 0 Å². The molecule has 0 bridgehead atoms. The van der Waals surface area contributed by atoms with E-state index in [2.05, 4.69) is 10.1 Å². The maximum Gasteiger partial charge on any atom is 0.198 e. The summed E-state index contributed by atoms with van der Waals surface area (Å²) in [5, 5.41) is 13.8. The number of nitrogens with zero attached hydrogens (tertiary/aromatic N) is 3. The predicted octanol–water partition coefficient (Wildman–Crippen LogP) is 2.03. The van der Waals surface area contributed by atoms with Crippen molar-refractivity contribution in [2.45, 2.75) is 6.42 Å². The lowest BCUT2D eigenvalue weighted by atomic mass is 10.1. The molecule has 1 N–H and O–H groups in total. The second-order valence-electron chi connectivity index (χ2n) is 4.22. The average Bonchev–Trinajstić information content (AvgIpc) is 2.80. The molecule has 2 heterocycles. The monoisotopic (exact) mass is 255 g/mol. The molecule has 0 unspecified atom stereocenters. The zero-order valence-corrected chi connectivity index (χ0v) is 10.4. The van der Waals surface area contributed by atoms with Crippen molar-refractivity contribution in [3.63, 3.8) is 0 Å². The first-order valence-corrected chi connectivity index (χ1v) is 5.92. The number of pyridine rings is 1. The zero-order chi connectivity index (χ0) is 13.2. The van der Waals surface area contributed by atoms with E-state index in [1.165, 1.54) is 0 Å². The highest BCUT2D eigenvalue weighted by Crippen LogP contribution is 2.18. The highest BCUT2D eigenvalue weighted by atomic mass is 16.5. The SMILES string of the molecule is COc1cccn2nc(Cc3cccc(O)c3)nc12. The summed E-state index contributed by atoms with van der Waals surface area (Å²) in [6, 6.07) is 10.8. The fourth-order valence-corrected chi connectivity index (χ4v) is 2.01. The van der Waals surface area contributed by atoms with Crippen LogP contribution in [0.1, 0.15) is 11.4 Å². The second-order valence-corrected chi connectivity index (χ2v) is 4.22. The Balaban J connectivity index is 1.98. The molecule has 3 aromatic rings. The number of hydrogen-bond acceptors (Lipinski definition) is 4. The van der Waals surface area contributed by atoms with Gasteiger partial charge in [0.2, 0.25) is 0 Å². The van der Waals surface area contributed by atoms with Gasteiger partial charge in [0.25, 0.3) is 0 Å². The van der Waals surface area contributed by atoms with Crippen molar-refractivity contribution >= 4 is 5.65 Å². The number of phenols is 1. The molecule has 0 amide bonds. The maximum atomic E-state index is 9.45. The summed E-state index contributed by atoms with van der Waals surface area (Å²) < 4.78 is 6.94. The third kappa shape index (κ3) is 2.22. The van der Waals surface area contributed by atoms with Crippen LogP contribution < -0.4 is 4.74 Å². The van der Waals surface area contributed by atoms with Gasteiger partial charge >= 0.3 is 0 Å². The lowest BCUT2D eigenvalue weighted by Gasteiger charge is -1.98. The Morgan fingerprint density at radius 1 is 1.26 bits per heavy atom. The molecule has 19 heavy (non-hydrogen) atoms. The summed E-state index contributed by atoms with van der Waals surface area (Å²) in [6.07, 6.45) is 2.40. The molecule has 0 saturated heterocycles. The summed E-state index contributed by atoms with van der Waals surface area (Å²) >= 11 is 0. The van der Waals surface area contributed by atoms with Crippen LogP contribution in [-0.4, -0.2) is 26.8 Å². The standard InChI is InChI=1S/C14H13N3O2/c1-19-12-6-3-7-17-14(12)15-13(16-17)9-10-4-2-5-11(18)8-10/h2-8,18H,9H2,1H3. The van der Waals surface area contributed by atoms with Gasteiger partial charge in [-0.05, 0) is 29.8 Å². The van der Waals surface area contributed by atoms with Gasteiger partial charge < -0.3 is 9.84 Å². The Kier molecular flexibility index (Phi) is 2.79. The molecule has 0 fully saturated rings. The molecule has 2 aromatic heterocycles. The third-order valence-corrected chi connectivity index (χ3v) is 2.86. The second kappa shape index (κ2) is 4.61. The van der Waals surface area contributed by atoms with Gasteiger partial charge in [-0.3, -0.25) is 0 Å². The summed E-state index contributed by atoms with van der Waals surface area (Å²) in [6.45, 7) is 0. The summed E-state index contributed by atoms with van der Waals surface area (Å²) in [4.78, 5) is 4.45. The van der Waals surface area contributed by atoms with Crippen LogP contribution in [0.5, 0.6) is 11.5 Å². The molecule has 96 valence electrons. The Hall–Kier alpha value is -2.56. The predicted molar refractivity (Wildman–Crippen MR) is 70.5 cm³/mol. The molecule has 0 aliphatic heterocycles.